The van der Waals surface area contributed by atoms with Crippen molar-refractivity contribution in [2.24, 2.45) is 5.92 Å². The maximum absolute atomic E-state index is 13.2. The number of hydrogen-bond acceptors (Lipinski definition) is 7. The van der Waals surface area contributed by atoms with E-state index in [1.165, 1.54) is 19.3 Å². The highest BCUT2D eigenvalue weighted by Crippen LogP contribution is 2.47. The maximum Gasteiger partial charge on any atom is 0.341 e. The van der Waals surface area contributed by atoms with Gasteiger partial charge >= 0.3 is 5.97 Å². The Morgan fingerprint density at radius 2 is 1.82 bits per heavy atom. The Labute approximate surface area is 197 Å². The predicted octanol–water partition coefficient (Wildman–Crippen LogP) is 5.60. The molecule has 2 aliphatic rings. The highest BCUT2D eigenvalue weighted by molar-refractivity contribution is 7.00. The van der Waals surface area contributed by atoms with Crippen molar-refractivity contribution in [3.05, 3.63) is 59.2 Å². The quantitative estimate of drug-likeness (QED) is 0.478. The molecule has 7 heteroatoms. The topological polar surface area (TPSA) is 81.5 Å². The molecule has 0 saturated heterocycles. The van der Waals surface area contributed by atoms with Crippen LogP contribution in [0.4, 0.5) is 0 Å². The summed E-state index contributed by atoms with van der Waals surface area (Å²) in [6.45, 7) is 3.93. The number of hydrogen-bond donors (Lipinski definition) is 1. The molecule has 1 aliphatic carbocycles. The molecule has 1 fully saturated rings. The van der Waals surface area contributed by atoms with Crippen LogP contribution < -0.4 is 4.74 Å². The lowest BCUT2D eigenvalue weighted by Gasteiger charge is -2.29. The fraction of sp³-hybridized carbons (Fsp3) is 0.423. The van der Waals surface area contributed by atoms with E-state index in [2.05, 4.69) is 8.75 Å². The molecular formula is C26H28N2O4S. The maximum atomic E-state index is 13.2. The van der Waals surface area contributed by atoms with Gasteiger partial charge in [-0.25, -0.2) is 4.79 Å². The molecule has 2 aromatic carbocycles. The molecule has 1 atom stereocenters. The van der Waals surface area contributed by atoms with E-state index in [9.17, 15) is 9.90 Å². The van der Waals surface area contributed by atoms with Crippen LogP contribution in [-0.4, -0.2) is 25.9 Å². The minimum atomic E-state index is -1.80. The van der Waals surface area contributed by atoms with Crippen molar-refractivity contribution in [1.29, 1.82) is 0 Å². The van der Waals surface area contributed by atoms with E-state index in [-0.39, 0.29) is 6.10 Å². The minimum absolute atomic E-state index is 0.0479. The fourth-order valence-electron chi connectivity index (χ4n) is 4.95. The van der Waals surface area contributed by atoms with Gasteiger partial charge in [0.2, 0.25) is 0 Å². The summed E-state index contributed by atoms with van der Waals surface area (Å²) in [5.74, 6) is -1.18. The summed E-state index contributed by atoms with van der Waals surface area (Å²) in [6, 6.07) is 12.8. The van der Waals surface area contributed by atoms with Gasteiger partial charge in [0.05, 0.1) is 23.4 Å². The number of cyclic esters (lactones) is 1. The van der Waals surface area contributed by atoms with Crippen molar-refractivity contribution in [3.63, 3.8) is 0 Å². The monoisotopic (exact) mass is 464 g/mol. The standard InChI is InChI=1S/C26H28N2O4S/c1-16(2)31-20-11-9-19(10-12-20)26(30)21(14-17-6-4-3-5-7-17)24(25(29)32-26)18-8-13-22-23(15-18)28-33-27-22/h8-13,15-17,30H,3-7,14H2,1-2H3. The Balaban J connectivity index is 1.59. The average Bonchev–Trinajstić information content (AvgIpc) is 3.36. The van der Waals surface area contributed by atoms with E-state index < -0.39 is 11.8 Å². The zero-order valence-corrected chi connectivity index (χ0v) is 19.7. The van der Waals surface area contributed by atoms with Crippen molar-refractivity contribution < 1.29 is 19.4 Å². The van der Waals surface area contributed by atoms with Crippen molar-refractivity contribution in [3.8, 4) is 5.75 Å². The molecule has 0 amide bonds. The molecule has 6 nitrogen and oxygen atoms in total. The van der Waals surface area contributed by atoms with E-state index in [0.717, 1.165) is 35.6 Å². The van der Waals surface area contributed by atoms with Gasteiger partial charge in [0.25, 0.3) is 5.79 Å². The normalized spacial score (nSPS) is 21.8. The van der Waals surface area contributed by atoms with Gasteiger partial charge in [0.15, 0.2) is 0 Å². The van der Waals surface area contributed by atoms with Gasteiger partial charge in [0.1, 0.15) is 16.8 Å². The summed E-state index contributed by atoms with van der Waals surface area (Å²) in [7, 11) is 0. The SMILES string of the molecule is CC(C)Oc1ccc(C2(O)OC(=O)C(c3ccc4nsnc4c3)=C2CC2CCCCC2)cc1. The number of esters is 1. The number of benzene rings is 2. The lowest BCUT2D eigenvalue weighted by molar-refractivity contribution is -0.185. The predicted molar refractivity (Wildman–Crippen MR) is 128 cm³/mol. The molecule has 3 aromatic rings. The molecule has 33 heavy (non-hydrogen) atoms. The molecule has 1 aromatic heterocycles. The second-order valence-corrected chi connectivity index (χ2v) is 9.78. The van der Waals surface area contributed by atoms with E-state index in [4.69, 9.17) is 9.47 Å². The molecule has 1 aliphatic heterocycles. The Bertz CT molecular complexity index is 1190. The number of nitrogens with zero attached hydrogens (tertiary/aromatic N) is 2. The van der Waals surface area contributed by atoms with Crippen LogP contribution >= 0.6 is 11.7 Å². The van der Waals surface area contributed by atoms with Crippen LogP contribution in [0.1, 0.15) is 63.5 Å². The summed E-state index contributed by atoms with van der Waals surface area (Å²) >= 11 is 1.14. The molecule has 1 unspecified atom stereocenters. The highest BCUT2D eigenvalue weighted by atomic mass is 32.1. The van der Waals surface area contributed by atoms with Gasteiger partial charge in [-0.15, -0.1) is 0 Å². The van der Waals surface area contributed by atoms with E-state index in [0.29, 0.717) is 40.4 Å². The number of aliphatic hydroxyl groups is 1. The molecule has 5 rings (SSSR count). The first-order valence-electron chi connectivity index (χ1n) is 11.6. The number of aromatic nitrogens is 2. The molecule has 2 heterocycles. The van der Waals surface area contributed by atoms with Crippen LogP contribution in [0, 0.1) is 5.92 Å². The lowest BCUT2D eigenvalue weighted by atomic mass is 9.80. The van der Waals surface area contributed by atoms with Gasteiger partial charge in [-0.3, -0.25) is 0 Å². The van der Waals surface area contributed by atoms with Gasteiger partial charge in [-0.2, -0.15) is 8.75 Å². The first-order valence-corrected chi connectivity index (χ1v) is 12.4. The van der Waals surface area contributed by atoms with Gasteiger partial charge in [-0.1, -0.05) is 38.2 Å². The highest BCUT2D eigenvalue weighted by Gasteiger charge is 2.48. The summed E-state index contributed by atoms with van der Waals surface area (Å²) in [6.07, 6.45) is 6.46. The molecule has 0 bridgehead atoms. The molecule has 172 valence electrons. The molecule has 1 saturated carbocycles. The van der Waals surface area contributed by atoms with E-state index in [1.807, 2.05) is 44.2 Å². The zero-order chi connectivity index (χ0) is 23.0. The van der Waals surface area contributed by atoms with Crippen molar-refractivity contribution in [2.75, 3.05) is 0 Å². The molecule has 1 N–H and O–H groups in total. The third kappa shape index (κ3) is 4.27. The summed E-state index contributed by atoms with van der Waals surface area (Å²) in [5.41, 5.74) is 3.85. The van der Waals surface area contributed by atoms with Crippen molar-refractivity contribution in [2.45, 2.75) is 64.3 Å². The first-order chi connectivity index (χ1) is 15.9. The molecular weight excluding hydrogens is 436 g/mol. The van der Waals surface area contributed by atoms with Crippen LogP contribution in [-0.2, 0) is 15.3 Å². The van der Waals surface area contributed by atoms with Gasteiger partial charge in [0, 0.05) is 11.1 Å². The Kier molecular flexibility index (Phi) is 5.93. The second kappa shape index (κ2) is 8.88. The third-order valence-electron chi connectivity index (χ3n) is 6.53. The largest absolute Gasteiger partial charge is 0.491 e. The van der Waals surface area contributed by atoms with Crippen LogP contribution in [0.15, 0.2) is 48.0 Å². The molecule has 0 radical (unpaired) electrons. The van der Waals surface area contributed by atoms with Crippen LogP contribution in [0.25, 0.3) is 16.6 Å². The Hall–Kier alpha value is -2.77. The zero-order valence-electron chi connectivity index (χ0n) is 18.9. The van der Waals surface area contributed by atoms with Crippen molar-refractivity contribution in [1.82, 2.24) is 8.75 Å². The number of fused-ring (bicyclic) bond motifs is 1. The van der Waals surface area contributed by atoms with E-state index >= 15 is 0 Å². The second-order valence-electron chi connectivity index (χ2n) is 9.25. The number of carbonyl (C=O) groups is 1. The molecule has 0 spiro atoms. The van der Waals surface area contributed by atoms with Crippen LogP contribution in [0.2, 0.25) is 0 Å². The summed E-state index contributed by atoms with van der Waals surface area (Å²) in [4.78, 5) is 13.2. The number of ether oxygens (including phenoxy) is 2. The summed E-state index contributed by atoms with van der Waals surface area (Å²) < 4.78 is 20.1. The van der Waals surface area contributed by atoms with E-state index in [1.54, 1.807) is 12.1 Å². The summed E-state index contributed by atoms with van der Waals surface area (Å²) in [5, 5.41) is 11.8. The van der Waals surface area contributed by atoms with Crippen LogP contribution in [0.5, 0.6) is 5.75 Å². The third-order valence-corrected chi connectivity index (χ3v) is 7.09. The Morgan fingerprint density at radius 1 is 1.09 bits per heavy atom. The fourth-order valence-corrected chi connectivity index (χ4v) is 5.47. The number of rotatable bonds is 6. The Morgan fingerprint density at radius 3 is 2.55 bits per heavy atom. The average molecular weight is 465 g/mol. The lowest BCUT2D eigenvalue weighted by Crippen LogP contribution is -2.30. The first kappa shape index (κ1) is 22.0. The van der Waals surface area contributed by atoms with Gasteiger partial charge in [-0.05, 0) is 68.1 Å². The van der Waals surface area contributed by atoms with Crippen LogP contribution in [0.3, 0.4) is 0 Å². The minimum Gasteiger partial charge on any atom is -0.491 e. The smallest absolute Gasteiger partial charge is 0.341 e. The van der Waals surface area contributed by atoms with Crippen molar-refractivity contribution >= 4 is 34.3 Å². The van der Waals surface area contributed by atoms with Gasteiger partial charge < -0.3 is 14.6 Å². The number of carbonyl (C=O) groups excluding carboxylic acids is 1.